The number of rotatable bonds is 7. The van der Waals surface area contributed by atoms with E-state index in [9.17, 15) is 9.59 Å². The van der Waals surface area contributed by atoms with Gasteiger partial charge in [-0.1, -0.05) is 32.0 Å². The number of amides is 2. The molecule has 1 atom stereocenters. The van der Waals surface area contributed by atoms with E-state index in [1.165, 1.54) is 5.69 Å². The van der Waals surface area contributed by atoms with Gasteiger partial charge in [0.05, 0.1) is 6.61 Å². The molecule has 0 radical (unpaired) electrons. The molecule has 1 N–H and O–H groups in total. The Morgan fingerprint density at radius 2 is 1.60 bits per heavy atom. The summed E-state index contributed by atoms with van der Waals surface area (Å²) in [5, 5.41) is 2.94. The van der Waals surface area contributed by atoms with Crippen molar-refractivity contribution in [2.45, 2.75) is 26.8 Å². The molecule has 2 amide bonds. The number of nitrogens with one attached hydrogen (secondary N) is 1. The van der Waals surface area contributed by atoms with Crippen LogP contribution < -0.4 is 15.0 Å². The molecule has 1 saturated heterocycles. The number of nitrogens with zero attached hydrogens (tertiary/aromatic N) is 2. The standard InChI is InChI=1S/C24H31N3O3/c1-4-30-21-12-10-19(11-13-21)23(28)25-22(18(2)3)24(29)27-16-14-26(15-17-27)20-8-6-5-7-9-20/h5-13,18,22H,4,14-17H2,1-3H3,(H,25,28)/t22-/m1/s1. The topological polar surface area (TPSA) is 61.9 Å². The first-order chi connectivity index (χ1) is 14.5. The summed E-state index contributed by atoms with van der Waals surface area (Å²) in [6.45, 7) is 9.28. The lowest BCUT2D eigenvalue weighted by atomic mass is 10.0. The number of anilines is 1. The van der Waals surface area contributed by atoms with E-state index < -0.39 is 6.04 Å². The van der Waals surface area contributed by atoms with Gasteiger partial charge in [-0.3, -0.25) is 9.59 Å². The van der Waals surface area contributed by atoms with Gasteiger partial charge in [-0.25, -0.2) is 0 Å². The molecule has 1 fully saturated rings. The molecule has 2 aromatic rings. The highest BCUT2D eigenvalue weighted by atomic mass is 16.5. The van der Waals surface area contributed by atoms with Crippen molar-refractivity contribution in [1.82, 2.24) is 10.2 Å². The Hall–Kier alpha value is -3.02. The van der Waals surface area contributed by atoms with Crippen LogP contribution in [0.25, 0.3) is 0 Å². The summed E-state index contributed by atoms with van der Waals surface area (Å²) in [6.07, 6.45) is 0. The molecule has 30 heavy (non-hydrogen) atoms. The van der Waals surface area contributed by atoms with Crippen LogP contribution in [-0.4, -0.2) is 55.5 Å². The molecule has 3 rings (SSSR count). The van der Waals surface area contributed by atoms with Crippen LogP contribution in [0.15, 0.2) is 54.6 Å². The van der Waals surface area contributed by atoms with Crippen LogP contribution in [0.3, 0.4) is 0 Å². The van der Waals surface area contributed by atoms with Gasteiger partial charge in [-0.15, -0.1) is 0 Å². The molecular formula is C24H31N3O3. The molecule has 0 saturated carbocycles. The van der Waals surface area contributed by atoms with Crippen molar-refractivity contribution >= 4 is 17.5 Å². The monoisotopic (exact) mass is 409 g/mol. The normalized spacial score (nSPS) is 15.1. The molecule has 0 spiro atoms. The average molecular weight is 410 g/mol. The highest BCUT2D eigenvalue weighted by Gasteiger charge is 2.31. The number of ether oxygens (including phenoxy) is 1. The van der Waals surface area contributed by atoms with Crippen molar-refractivity contribution in [1.29, 1.82) is 0 Å². The van der Waals surface area contributed by atoms with Crippen molar-refractivity contribution in [2.24, 2.45) is 5.92 Å². The van der Waals surface area contributed by atoms with E-state index in [4.69, 9.17) is 4.74 Å². The third-order valence-corrected chi connectivity index (χ3v) is 5.36. The predicted octanol–water partition coefficient (Wildman–Crippen LogP) is 3.19. The summed E-state index contributed by atoms with van der Waals surface area (Å²) in [6, 6.07) is 16.7. The van der Waals surface area contributed by atoms with Crippen molar-refractivity contribution in [3.63, 3.8) is 0 Å². The average Bonchev–Trinajstić information content (AvgIpc) is 2.78. The first-order valence-electron chi connectivity index (χ1n) is 10.6. The lowest BCUT2D eigenvalue weighted by Crippen LogP contribution is -2.56. The highest BCUT2D eigenvalue weighted by molar-refractivity contribution is 5.97. The van der Waals surface area contributed by atoms with E-state index in [0.29, 0.717) is 25.3 Å². The Labute approximate surface area is 178 Å². The minimum absolute atomic E-state index is 0.00343. The summed E-state index contributed by atoms with van der Waals surface area (Å²) in [5.74, 6) is 0.461. The molecule has 2 aromatic carbocycles. The third kappa shape index (κ3) is 5.32. The maximum absolute atomic E-state index is 13.2. The molecule has 6 heteroatoms. The molecule has 6 nitrogen and oxygen atoms in total. The predicted molar refractivity (Wildman–Crippen MR) is 119 cm³/mol. The largest absolute Gasteiger partial charge is 0.494 e. The Bertz CT molecular complexity index is 829. The fraction of sp³-hybridized carbons (Fsp3) is 0.417. The summed E-state index contributed by atoms with van der Waals surface area (Å²) in [7, 11) is 0. The second kappa shape index (κ2) is 10.1. The van der Waals surface area contributed by atoms with Gasteiger partial charge in [0.25, 0.3) is 5.91 Å². The van der Waals surface area contributed by atoms with Crippen LogP contribution in [0.1, 0.15) is 31.1 Å². The van der Waals surface area contributed by atoms with E-state index in [0.717, 1.165) is 18.8 Å². The Morgan fingerprint density at radius 3 is 2.17 bits per heavy atom. The molecule has 1 heterocycles. The summed E-state index contributed by atoms with van der Waals surface area (Å²) < 4.78 is 5.42. The zero-order valence-corrected chi connectivity index (χ0v) is 18.0. The Kier molecular flexibility index (Phi) is 7.33. The summed E-state index contributed by atoms with van der Waals surface area (Å²) in [5.41, 5.74) is 1.69. The fourth-order valence-electron chi connectivity index (χ4n) is 3.63. The lowest BCUT2D eigenvalue weighted by molar-refractivity contribution is -0.134. The molecule has 0 aromatic heterocycles. The van der Waals surface area contributed by atoms with E-state index >= 15 is 0 Å². The summed E-state index contributed by atoms with van der Waals surface area (Å²) in [4.78, 5) is 30.0. The maximum Gasteiger partial charge on any atom is 0.251 e. The first-order valence-corrected chi connectivity index (χ1v) is 10.6. The molecule has 160 valence electrons. The number of carbonyl (C=O) groups excluding carboxylic acids is 2. The molecule has 0 aliphatic carbocycles. The second-order valence-electron chi connectivity index (χ2n) is 7.80. The van der Waals surface area contributed by atoms with E-state index in [1.54, 1.807) is 24.3 Å². The number of carbonyl (C=O) groups is 2. The molecule has 1 aliphatic rings. The van der Waals surface area contributed by atoms with Gasteiger partial charge in [0, 0.05) is 37.4 Å². The SMILES string of the molecule is CCOc1ccc(C(=O)N[C@@H](C(=O)N2CCN(c3ccccc3)CC2)C(C)C)cc1. The minimum Gasteiger partial charge on any atom is -0.494 e. The number of benzene rings is 2. The van der Waals surface area contributed by atoms with Gasteiger partial charge < -0.3 is 19.9 Å². The first kappa shape index (κ1) is 21.7. The van der Waals surface area contributed by atoms with Gasteiger partial charge in [0.2, 0.25) is 5.91 Å². The van der Waals surface area contributed by atoms with Gasteiger partial charge in [0.1, 0.15) is 11.8 Å². The van der Waals surface area contributed by atoms with Gasteiger partial charge in [-0.2, -0.15) is 0 Å². The Balaban J connectivity index is 1.60. The van der Waals surface area contributed by atoms with Crippen LogP contribution in [0, 0.1) is 5.92 Å². The lowest BCUT2D eigenvalue weighted by Gasteiger charge is -2.38. The van der Waals surface area contributed by atoms with Crippen LogP contribution >= 0.6 is 0 Å². The van der Waals surface area contributed by atoms with Crippen LogP contribution in [0.5, 0.6) is 5.75 Å². The second-order valence-corrected chi connectivity index (χ2v) is 7.80. The smallest absolute Gasteiger partial charge is 0.251 e. The van der Waals surface area contributed by atoms with Gasteiger partial charge in [0.15, 0.2) is 0 Å². The zero-order chi connectivity index (χ0) is 21.5. The molecule has 1 aliphatic heterocycles. The molecular weight excluding hydrogens is 378 g/mol. The van der Waals surface area contributed by atoms with E-state index in [1.807, 2.05) is 43.9 Å². The van der Waals surface area contributed by atoms with Crippen LogP contribution in [0.4, 0.5) is 5.69 Å². The molecule has 0 unspecified atom stereocenters. The Morgan fingerprint density at radius 1 is 0.967 bits per heavy atom. The maximum atomic E-state index is 13.2. The number of piperazine rings is 1. The number of para-hydroxylation sites is 1. The van der Waals surface area contributed by atoms with E-state index in [-0.39, 0.29) is 17.7 Å². The third-order valence-electron chi connectivity index (χ3n) is 5.36. The zero-order valence-electron chi connectivity index (χ0n) is 18.0. The van der Waals surface area contributed by atoms with Crippen molar-refractivity contribution < 1.29 is 14.3 Å². The van der Waals surface area contributed by atoms with Crippen molar-refractivity contribution in [3.05, 3.63) is 60.2 Å². The number of hydrogen-bond acceptors (Lipinski definition) is 4. The number of hydrogen-bond donors (Lipinski definition) is 1. The minimum atomic E-state index is -0.549. The highest BCUT2D eigenvalue weighted by Crippen LogP contribution is 2.18. The molecule has 0 bridgehead atoms. The van der Waals surface area contributed by atoms with Crippen molar-refractivity contribution in [3.8, 4) is 5.75 Å². The van der Waals surface area contributed by atoms with Crippen LogP contribution in [0.2, 0.25) is 0 Å². The van der Waals surface area contributed by atoms with E-state index in [2.05, 4.69) is 22.3 Å². The summed E-state index contributed by atoms with van der Waals surface area (Å²) >= 11 is 0. The quantitative estimate of drug-likeness (QED) is 0.763. The van der Waals surface area contributed by atoms with Crippen molar-refractivity contribution in [2.75, 3.05) is 37.7 Å². The fourth-order valence-corrected chi connectivity index (χ4v) is 3.63. The van der Waals surface area contributed by atoms with Gasteiger partial charge in [-0.05, 0) is 49.2 Å². The van der Waals surface area contributed by atoms with Gasteiger partial charge >= 0.3 is 0 Å². The van der Waals surface area contributed by atoms with Crippen LogP contribution in [-0.2, 0) is 4.79 Å².